The van der Waals surface area contributed by atoms with E-state index in [-0.39, 0.29) is 29.5 Å². The maximum atomic E-state index is 5.77. The van der Waals surface area contributed by atoms with Crippen molar-refractivity contribution in [3.63, 3.8) is 0 Å². The fourth-order valence-electron chi connectivity index (χ4n) is 1.46. The first-order chi connectivity index (χ1) is 8.78. The van der Waals surface area contributed by atoms with E-state index in [4.69, 9.17) is 10.3 Å². The van der Waals surface area contributed by atoms with E-state index in [0.717, 1.165) is 18.7 Å². The highest BCUT2D eigenvalue weighted by Crippen LogP contribution is 2.10. The van der Waals surface area contributed by atoms with Gasteiger partial charge in [-0.1, -0.05) is 19.0 Å². The van der Waals surface area contributed by atoms with E-state index in [9.17, 15) is 0 Å². The lowest BCUT2D eigenvalue weighted by molar-refractivity contribution is 0.369. The molecule has 0 aliphatic carbocycles. The lowest BCUT2D eigenvalue weighted by atomic mass is 10.1. The van der Waals surface area contributed by atoms with Gasteiger partial charge in [-0.3, -0.25) is 4.99 Å². The molecule has 1 rings (SSSR count). The summed E-state index contributed by atoms with van der Waals surface area (Å²) in [7, 11) is 0. The summed E-state index contributed by atoms with van der Waals surface area (Å²) >= 11 is 0. The zero-order chi connectivity index (χ0) is 14.5. The van der Waals surface area contributed by atoms with Gasteiger partial charge in [0.1, 0.15) is 0 Å². The van der Waals surface area contributed by atoms with Crippen LogP contribution in [0.1, 0.15) is 58.7 Å². The minimum atomic E-state index is -0.0633. The molecular weight excluding hydrogens is 369 g/mol. The second kappa shape index (κ2) is 8.43. The zero-order valence-electron chi connectivity index (χ0n) is 12.9. The third-order valence-corrected chi connectivity index (χ3v) is 2.33. The van der Waals surface area contributed by atoms with Gasteiger partial charge in [0, 0.05) is 24.4 Å². The maximum absolute atomic E-state index is 5.77. The molecule has 3 N–H and O–H groups in total. The van der Waals surface area contributed by atoms with E-state index in [1.165, 1.54) is 0 Å². The molecule has 0 fully saturated rings. The largest absolute Gasteiger partial charge is 0.370 e. The highest BCUT2D eigenvalue weighted by atomic mass is 127. The van der Waals surface area contributed by atoms with Gasteiger partial charge >= 0.3 is 0 Å². The molecule has 0 aliphatic rings. The Morgan fingerprint density at radius 3 is 2.55 bits per heavy atom. The molecule has 6 nitrogen and oxygen atoms in total. The SMILES string of the molecule is CC(C)c1noc(CCCN=C(N)NC(C)(C)C)n1.I. The topological polar surface area (TPSA) is 89.3 Å². The summed E-state index contributed by atoms with van der Waals surface area (Å²) < 4.78 is 5.16. The average Bonchev–Trinajstić information content (AvgIpc) is 2.70. The fraction of sp³-hybridized carbons (Fsp3) is 0.769. The molecule has 0 radical (unpaired) electrons. The molecule has 1 heterocycles. The van der Waals surface area contributed by atoms with E-state index in [0.29, 0.717) is 24.3 Å². The fourth-order valence-corrected chi connectivity index (χ4v) is 1.46. The molecule has 0 saturated heterocycles. The lowest BCUT2D eigenvalue weighted by Gasteiger charge is -2.20. The van der Waals surface area contributed by atoms with Gasteiger partial charge in [-0.15, -0.1) is 24.0 Å². The van der Waals surface area contributed by atoms with Crippen LogP contribution in [-0.2, 0) is 6.42 Å². The number of rotatable bonds is 5. The number of guanidine groups is 1. The van der Waals surface area contributed by atoms with Crippen molar-refractivity contribution in [3.05, 3.63) is 11.7 Å². The Balaban J connectivity index is 0.00000361. The summed E-state index contributed by atoms with van der Waals surface area (Å²) in [5, 5.41) is 7.03. The molecule has 0 aliphatic heterocycles. The Bertz CT molecular complexity index is 423. The van der Waals surface area contributed by atoms with E-state index >= 15 is 0 Å². The molecule has 0 unspecified atom stereocenters. The standard InChI is InChI=1S/C13H25N5O.HI/c1-9(2)11-16-10(19-18-11)7-6-8-15-12(14)17-13(3,4)5;/h9H,6-8H2,1-5H3,(H3,14,15,17);1H. The van der Waals surface area contributed by atoms with Crippen LogP contribution in [0.3, 0.4) is 0 Å². The van der Waals surface area contributed by atoms with Crippen LogP contribution in [0.5, 0.6) is 0 Å². The summed E-state index contributed by atoms with van der Waals surface area (Å²) in [5.41, 5.74) is 5.71. The number of aromatic nitrogens is 2. The predicted octanol–water partition coefficient (Wildman–Crippen LogP) is 2.45. The first kappa shape index (κ1) is 19.1. The van der Waals surface area contributed by atoms with Gasteiger partial charge in [0.2, 0.25) is 5.89 Å². The molecule has 116 valence electrons. The second-order valence-corrected chi connectivity index (χ2v) is 5.95. The highest BCUT2D eigenvalue weighted by Gasteiger charge is 2.10. The molecule has 1 aromatic heterocycles. The smallest absolute Gasteiger partial charge is 0.226 e. The molecule has 0 aromatic carbocycles. The van der Waals surface area contributed by atoms with E-state index < -0.39 is 0 Å². The summed E-state index contributed by atoms with van der Waals surface area (Å²) in [6, 6.07) is 0. The van der Waals surface area contributed by atoms with Crippen molar-refractivity contribution in [2.45, 2.75) is 58.9 Å². The van der Waals surface area contributed by atoms with Gasteiger partial charge in [-0.25, -0.2) is 0 Å². The van der Waals surface area contributed by atoms with Crippen molar-refractivity contribution in [2.24, 2.45) is 10.7 Å². The number of nitrogens with two attached hydrogens (primary N) is 1. The number of hydrogen-bond donors (Lipinski definition) is 2. The summed E-state index contributed by atoms with van der Waals surface area (Å²) in [6.07, 6.45) is 1.57. The molecule has 0 spiro atoms. The molecule has 20 heavy (non-hydrogen) atoms. The van der Waals surface area contributed by atoms with Crippen molar-refractivity contribution in [2.75, 3.05) is 6.54 Å². The van der Waals surface area contributed by atoms with Crippen molar-refractivity contribution in [1.29, 1.82) is 0 Å². The van der Waals surface area contributed by atoms with Crippen LogP contribution < -0.4 is 11.1 Å². The zero-order valence-corrected chi connectivity index (χ0v) is 15.3. The van der Waals surface area contributed by atoms with Crippen LogP contribution in [-0.4, -0.2) is 28.2 Å². The minimum Gasteiger partial charge on any atom is -0.370 e. The van der Waals surface area contributed by atoms with Crippen molar-refractivity contribution < 1.29 is 4.52 Å². The first-order valence-electron chi connectivity index (χ1n) is 6.68. The number of nitrogens with zero attached hydrogens (tertiary/aromatic N) is 3. The minimum absolute atomic E-state index is 0. The van der Waals surface area contributed by atoms with Crippen LogP contribution in [0.4, 0.5) is 0 Å². The lowest BCUT2D eigenvalue weighted by Crippen LogP contribution is -2.45. The highest BCUT2D eigenvalue weighted by molar-refractivity contribution is 14.0. The summed E-state index contributed by atoms with van der Waals surface area (Å²) in [5.74, 6) is 2.19. The molecule has 7 heteroatoms. The Hall–Kier alpha value is -0.860. The Labute approximate surface area is 138 Å². The van der Waals surface area contributed by atoms with E-state index in [1.807, 2.05) is 34.6 Å². The van der Waals surface area contributed by atoms with E-state index in [1.54, 1.807) is 0 Å². The molecule has 0 bridgehead atoms. The number of aliphatic imine (C=N–C) groups is 1. The van der Waals surface area contributed by atoms with Gasteiger partial charge in [-0.05, 0) is 27.2 Å². The molecule has 0 amide bonds. The van der Waals surface area contributed by atoms with Gasteiger partial charge in [0.05, 0.1) is 0 Å². The average molecular weight is 395 g/mol. The van der Waals surface area contributed by atoms with Crippen molar-refractivity contribution in [3.8, 4) is 0 Å². The number of halogens is 1. The number of hydrogen-bond acceptors (Lipinski definition) is 4. The molecule has 0 saturated carbocycles. The van der Waals surface area contributed by atoms with Crippen LogP contribution in [0.2, 0.25) is 0 Å². The monoisotopic (exact) mass is 395 g/mol. The van der Waals surface area contributed by atoms with Gasteiger partial charge in [0.15, 0.2) is 11.8 Å². The van der Waals surface area contributed by atoms with Crippen LogP contribution in [0.15, 0.2) is 9.52 Å². The third-order valence-electron chi connectivity index (χ3n) is 2.33. The van der Waals surface area contributed by atoms with Crippen LogP contribution in [0.25, 0.3) is 0 Å². The van der Waals surface area contributed by atoms with Gasteiger partial charge < -0.3 is 15.6 Å². The Morgan fingerprint density at radius 2 is 2.05 bits per heavy atom. The quantitative estimate of drug-likeness (QED) is 0.346. The Kier molecular flexibility index (Phi) is 8.07. The van der Waals surface area contributed by atoms with Gasteiger partial charge in [0.25, 0.3) is 0 Å². The molecule has 1 aromatic rings. The maximum Gasteiger partial charge on any atom is 0.226 e. The first-order valence-corrected chi connectivity index (χ1v) is 6.68. The number of nitrogens with one attached hydrogen (secondary N) is 1. The summed E-state index contributed by atoms with van der Waals surface area (Å²) in [6.45, 7) is 10.9. The normalized spacial score (nSPS) is 12.4. The summed E-state index contributed by atoms with van der Waals surface area (Å²) in [4.78, 5) is 8.57. The van der Waals surface area contributed by atoms with Gasteiger partial charge in [-0.2, -0.15) is 4.98 Å². The van der Waals surface area contributed by atoms with Crippen molar-refractivity contribution in [1.82, 2.24) is 15.5 Å². The predicted molar refractivity (Wildman–Crippen MR) is 91.5 cm³/mol. The third kappa shape index (κ3) is 7.66. The van der Waals surface area contributed by atoms with E-state index in [2.05, 4.69) is 20.4 Å². The molecule has 0 atom stereocenters. The molecular formula is C13H26IN5O. The van der Waals surface area contributed by atoms with Crippen molar-refractivity contribution >= 4 is 29.9 Å². The van der Waals surface area contributed by atoms with Crippen LogP contribution >= 0.6 is 24.0 Å². The second-order valence-electron chi connectivity index (χ2n) is 5.95. The van der Waals surface area contributed by atoms with Crippen LogP contribution in [0, 0.1) is 0 Å². The number of aryl methyl sites for hydroxylation is 1. The Morgan fingerprint density at radius 1 is 1.40 bits per heavy atom.